The Kier molecular flexibility index (Phi) is 4.07. The van der Waals surface area contributed by atoms with Gasteiger partial charge in [0.2, 0.25) is 0 Å². The van der Waals surface area contributed by atoms with Crippen molar-refractivity contribution in [3.05, 3.63) is 23.5 Å². The van der Waals surface area contributed by atoms with E-state index in [-0.39, 0.29) is 12.2 Å². The molecule has 1 aromatic rings. The predicted octanol–water partition coefficient (Wildman–Crippen LogP) is 3.05. The molecule has 0 heterocycles. The summed E-state index contributed by atoms with van der Waals surface area (Å²) in [6.45, 7) is 1.85. The molecular weight excluding hydrogens is 233 g/mol. The molecule has 0 radical (unpaired) electrons. The van der Waals surface area contributed by atoms with Crippen LogP contribution >= 0.6 is 0 Å². The van der Waals surface area contributed by atoms with E-state index in [0.29, 0.717) is 11.4 Å². The molecule has 0 aromatic heterocycles. The smallest absolute Gasteiger partial charge is 0.167 e. The molecule has 2 rings (SSSR count). The van der Waals surface area contributed by atoms with E-state index in [9.17, 15) is 4.39 Å². The van der Waals surface area contributed by atoms with Gasteiger partial charge in [-0.2, -0.15) is 0 Å². The molecule has 18 heavy (non-hydrogen) atoms. The second-order valence-corrected chi connectivity index (χ2v) is 4.90. The van der Waals surface area contributed by atoms with Crippen LogP contribution in [-0.4, -0.2) is 19.3 Å². The van der Waals surface area contributed by atoms with Crippen molar-refractivity contribution in [2.45, 2.75) is 44.8 Å². The van der Waals surface area contributed by atoms with Gasteiger partial charge >= 0.3 is 0 Å². The van der Waals surface area contributed by atoms with Gasteiger partial charge in [-0.15, -0.1) is 0 Å². The molecule has 0 saturated heterocycles. The van der Waals surface area contributed by atoms with Crippen LogP contribution in [0.1, 0.15) is 31.2 Å². The minimum absolute atomic E-state index is 0.0289. The first-order valence-electron chi connectivity index (χ1n) is 6.35. The molecule has 1 aromatic carbocycles. The fourth-order valence-electron chi connectivity index (χ4n) is 2.36. The maximum absolute atomic E-state index is 13.7. The van der Waals surface area contributed by atoms with Crippen molar-refractivity contribution < 1.29 is 13.9 Å². The standard InChI is InChI=1S/C14H20FNO2/c1-9-6-14(12(15)8-13(9)16)18-11-5-3-4-10(7-11)17-2/h6,8,10-11H,3-5,7,16H2,1-2H3. The molecule has 1 aliphatic rings. The molecular formula is C14H20FNO2. The number of rotatable bonds is 3. The molecule has 0 aliphatic heterocycles. The van der Waals surface area contributed by atoms with E-state index in [1.54, 1.807) is 13.2 Å². The third-order valence-corrected chi connectivity index (χ3v) is 3.53. The molecule has 1 saturated carbocycles. The monoisotopic (exact) mass is 253 g/mol. The van der Waals surface area contributed by atoms with Crippen LogP contribution in [-0.2, 0) is 4.74 Å². The van der Waals surface area contributed by atoms with Crippen molar-refractivity contribution in [1.29, 1.82) is 0 Å². The fraction of sp³-hybridized carbons (Fsp3) is 0.571. The van der Waals surface area contributed by atoms with Crippen molar-refractivity contribution in [3.63, 3.8) is 0 Å². The highest BCUT2D eigenvalue weighted by Gasteiger charge is 2.24. The highest BCUT2D eigenvalue weighted by molar-refractivity contribution is 5.50. The normalized spacial score (nSPS) is 23.9. The van der Waals surface area contributed by atoms with E-state index in [1.165, 1.54) is 6.07 Å². The van der Waals surface area contributed by atoms with E-state index in [1.807, 2.05) is 6.92 Å². The third-order valence-electron chi connectivity index (χ3n) is 3.53. The van der Waals surface area contributed by atoms with Crippen molar-refractivity contribution in [3.8, 4) is 5.75 Å². The Morgan fingerprint density at radius 2 is 2.00 bits per heavy atom. The number of ether oxygens (including phenoxy) is 2. The van der Waals surface area contributed by atoms with Crippen LogP contribution in [0.2, 0.25) is 0 Å². The van der Waals surface area contributed by atoms with Crippen LogP contribution in [0.3, 0.4) is 0 Å². The Morgan fingerprint density at radius 3 is 2.72 bits per heavy atom. The van der Waals surface area contributed by atoms with Crippen LogP contribution < -0.4 is 10.5 Å². The summed E-state index contributed by atoms with van der Waals surface area (Å²) in [7, 11) is 1.71. The Morgan fingerprint density at radius 1 is 1.28 bits per heavy atom. The molecule has 3 nitrogen and oxygen atoms in total. The largest absolute Gasteiger partial charge is 0.487 e. The Balaban J connectivity index is 2.07. The van der Waals surface area contributed by atoms with E-state index in [0.717, 1.165) is 31.2 Å². The zero-order valence-corrected chi connectivity index (χ0v) is 10.9. The zero-order chi connectivity index (χ0) is 13.1. The van der Waals surface area contributed by atoms with Crippen LogP contribution in [0.25, 0.3) is 0 Å². The molecule has 4 heteroatoms. The topological polar surface area (TPSA) is 44.5 Å². The fourth-order valence-corrected chi connectivity index (χ4v) is 2.36. The summed E-state index contributed by atoms with van der Waals surface area (Å²) in [6, 6.07) is 2.99. The van der Waals surface area contributed by atoms with Gasteiger partial charge in [0.05, 0.1) is 6.10 Å². The predicted molar refractivity (Wildman–Crippen MR) is 69.2 cm³/mol. The Bertz CT molecular complexity index is 423. The summed E-state index contributed by atoms with van der Waals surface area (Å²) >= 11 is 0. The lowest BCUT2D eigenvalue weighted by Crippen LogP contribution is -2.29. The number of halogens is 1. The van der Waals surface area contributed by atoms with Crippen LogP contribution in [0.5, 0.6) is 5.75 Å². The summed E-state index contributed by atoms with van der Waals surface area (Å²) in [4.78, 5) is 0. The van der Waals surface area contributed by atoms with E-state index < -0.39 is 5.82 Å². The van der Waals surface area contributed by atoms with Gasteiger partial charge in [-0.05, 0) is 37.8 Å². The summed E-state index contributed by atoms with van der Waals surface area (Å²) in [6.07, 6.45) is 4.13. The Hall–Kier alpha value is -1.29. The van der Waals surface area contributed by atoms with Crippen molar-refractivity contribution in [2.75, 3.05) is 12.8 Å². The zero-order valence-electron chi connectivity index (χ0n) is 10.9. The van der Waals surface area contributed by atoms with Crippen LogP contribution in [0.4, 0.5) is 10.1 Å². The molecule has 0 bridgehead atoms. The van der Waals surface area contributed by atoms with E-state index in [2.05, 4.69) is 0 Å². The van der Waals surface area contributed by atoms with Gasteiger partial charge in [0.1, 0.15) is 6.10 Å². The van der Waals surface area contributed by atoms with Gasteiger partial charge in [-0.1, -0.05) is 0 Å². The average molecular weight is 253 g/mol. The lowest BCUT2D eigenvalue weighted by molar-refractivity contribution is 0.0197. The van der Waals surface area contributed by atoms with Crippen LogP contribution in [0, 0.1) is 12.7 Å². The second kappa shape index (κ2) is 5.57. The maximum atomic E-state index is 13.7. The first kappa shape index (κ1) is 13.1. The summed E-state index contributed by atoms with van der Waals surface area (Å²) < 4.78 is 24.8. The van der Waals surface area contributed by atoms with E-state index >= 15 is 0 Å². The Labute approximate surface area is 107 Å². The summed E-state index contributed by atoms with van der Waals surface area (Å²) in [5.41, 5.74) is 6.95. The van der Waals surface area contributed by atoms with Gasteiger partial charge in [0, 0.05) is 25.3 Å². The highest BCUT2D eigenvalue weighted by Crippen LogP contribution is 2.29. The third kappa shape index (κ3) is 2.93. The molecule has 2 atom stereocenters. The van der Waals surface area contributed by atoms with Gasteiger partial charge in [-0.3, -0.25) is 0 Å². The molecule has 100 valence electrons. The number of hydrogen-bond donors (Lipinski definition) is 1. The van der Waals surface area contributed by atoms with Gasteiger partial charge in [-0.25, -0.2) is 4.39 Å². The first-order valence-corrected chi connectivity index (χ1v) is 6.35. The van der Waals surface area contributed by atoms with Gasteiger partial charge < -0.3 is 15.2 Å². The number of nitrogen functional groups attached to an aromatic ring is 1. The minimum Gasteiger partial charge on any atom is -0.487 e. The number of aryl methyl sites for hydroxylation is 1. The average Bonchev–Trinajstić information content (AvgIpc) is 2.36. The van der Waals surface area contributed by atoms with Crippen LogP contribution in [0.15, 0.2) is 12.1 Å². The molecule has 2 N–H and O–H groups in total. The SMILES string of the molecule is COC1CCCC(Oc2cc(C)c(N)cc2F)C1. The molecule has 2 unspecified atom stereocenters. The van der Waals surface area contributed by atoms with E-state index in [4.69, 9.17) is 15.2 Å². The van der Waals surface area contributed by atoms with Gasteiger partial charge in [0.15, 0.2) is 11.6 Å². The number of hydrogen-bond acceptors (Lipinski definition) is 3. The van der Waals surface area contributed by atoms with Crippen molar-refractivity contribution in [2.24, 2.45) is 0 Å². The molecule has 1 fully saturated rings. The number of nitrogens with two attached hydrogens (primary N) is 1. The molecule has 1 aliphatic carbocycles. The number of anilines is 1. The molecule has 0 amide bonds. The lowest BCUT2D eigenvalue weighted by atomic mass is 9.95. The van der Waals surface area contributed by atoms with Crippen molar-refractivity contribution in [1.82, 2.24) is 0 Å². The summed E-state index contributed by atoms with van der Waals surface area (Å²) in [5.74, 6) is -0.0962. The maximum Gasteiger partial charge on any atom is 0.167 e. The summed E-state index contributed by atoms with van der Waals surface area (Å²) in [5, 5.41) is 0. The van der Waals surface area contributed by atoms with Crippen molar-refractivity contribution >= 4 is 5.69 Å². The number of methoxy groups -OCH3 is 1. The lowest BCUT2D eigenvalue weighted by Gasteiger charge is -2.28. The molecule has 0 spiro atoms. The highest BCUT2D eigenvalue weighted by atomic mass is 19.1. The first-order chi connectivity index (χ1) is 8.60. The second-order valence-electron chi connectivity index (χ2n) is 4.90. The quantitative estimate of drug-likeness (QED) is 0.842. The number of benzene rings is 1. The minimum atomic E-state index is -0.391. The van der Waals surface area contributed by atoms with Gasteiger partial charge in [0.25, 0.3) is 0 Å².